The van der Waals surface area contributed by atoms with E-state index in [9.17, 15) is 9.59 Å². The van der Waals surface area contributed by atoms with Crippen LogP contribution >= 0.6 is 11.8 Å². The fraction of sp³-hybridized carbons (Fsp3) is 0.385. The molecule has 2 heterocycles. The average molecular weight is 308 g/mol. The van der Waals surface area contributed by atoms with E-state index in [4.69, 9.17) is 5.11 Å². The molecule has 0 unspecified atom stereocenters. The largest absolute Gasteiger partial charge is 0.481 e. The zero-order chi connectivity index (χ0) is 15.4. The Kier molecular flexibility index (Phi) is 4.79. The molecule has 0 saturated carbocycles. The lowest BCUT2D eigenvalue weighted by Crippen LogP contribution is -2.27. The number of aryl methyl sites for hydroxylation is 1. The summed E-state index contributed by atoms with van der Waals surface area (Å²) in [7, 11) is 0. The van der Waals surface area contributed by atoms with Gasteiger partial charge in [-0.15, -0.1) is 0 Å². The molecule has 7 nitrogen and oxygen atoms in total. The smallest absolute Gasteiger partial charge is 0.313 e. The highest BCUT2D eigenvalue weighted by Gasteiger charge is 2.17. The van der Waals surface area contributed by atoms with E-state index in [1.54, 1.807) is 10.8 Å². The molecule has 1 amide bonds. The minimum atomic E-state index is -0.929. The van der Waals surface area contributed by atoms with E-state index in [0.717, 1.165) is 17.3 Å². The third-order valence-corrected chi connectivity index (χ3v) is 3.76. The van der Waals surface area contributed by atoms with E-state index >= 15 is 0 Å². The van der Waals surface area contributed by atoms with Crippen LogP contribution in [0, 0.1) is 6.92 Å². The van der Waals surface area contributed by atoms with Gasteiger partial charge in [0.2, 0.25) is 5.91 Å². The second kappa shape index (κ2) is 6.57. The van der Waals surface area contributed by atoms with Crippen molar-refractivity contribution < 1.29 is 14.7 Å². The minimum absolute atomic E-state index is 0.0722. The van der Waals surface area contributed by atoms with Gasteiger partial charge in [0.05, 0.1) is 5.75 Å². The van der Waals surface area contributed by atoms with Gasteiger partial charge in [-0.1, -0.05) is 11.8 Å². The number of likely N-dealkylation sites (N-methyl/N-ethyl adjacent to an activating group) is 1. The van der Waals surface area contributed by atoms with Crippen molar-refractivity contribution in [3.05, 3.63) is 17.8 Å². The first-order chi connectivity index (χ1) is 10.0. The van der Waals surface area contributed by atoms with E-state index in [1.165, 1.54) is 0 Å². The maximum Gasteiger partial charge on any atom is 0.313 e. The van der Waals surface area contributed by atoms with Crippen molar-refractivity contribution >= 4 is 34.8 Å². The maximum atomic E-state index is 11.8. The predicted molar refractivity (Wildman–Crippen MR) is 79.3 cm³/mol. The lowest BCUT2D eigenvalue weighted by molar-refractivity contribution is -0.133. The number of carboxylic acids is 1. The SMILES string of the molecule is CCNC(=O)Cn1c(SCC(=O)O)nc2c(C)ccnc21. The summed E-state index contributed by atoms with van der Waals surface area (Å²) < 4.78 is 1.65. The number of imidazole rings is 1. The van der Waals surface area contributed by atoms with Crippen LogP contribution < -0.4 is 5.32 Å². The van der Waals surface area contributed by atoms with Crippen LogP contribution in [0.3, 0.4) is 0 Å². The topological polar surface area (TPSA) is 97.1 Å². The van der Waals surface area contributed by atoms with Crippen molar-refractivity contribution in [1.82, 2.24) is 19.9 Å². The van der Waals surface area contributed by atoms with E-state index in [2.05, 4.69) is 15.3 Å². The predicted octanol–water partition coefficient (Wildman–Crippen LogP) is 1.05. The molecule has 112 valence electrons. The summed E-state index contributed by atoms with van der Waals surface area (Å²) in [5.74, 6) is -1.20. The number of carboxylic acid groups (broad SMARTS) is 1. The summed E-state index contributed by atoms with van der Waals surface area (Å²) in [5.41, 5.74) is 2.22. The fourth-order valence-electron chi connectivity index (χ4n) is 1.89. The van der Waals surface area contributed by atoms with Gasteiger partial charge in [-0.2, -0.15) is 0 Å². The van der Waals surface area contributed by atoms with Crippen LogP contribution in [0.15, 0.2) is 17.4 Å². The quantitative estimate of drug-likeness (QED) is 0.774. The summed E-state index contributed by atoms with van der Waals surface area (Å²) in [6, 6.07) is 1.83. The molecule has 0 atom stereocenters. The fourth-order valence-corrected chi connectivity index (χ4v) is 2.61. The highest BCUT2D eigenvalue weighted by molar-refractivity contribution is 7.99. The minimum Gasteiger partial charge on any atom is -0.481 e. The Bertz CT molecular complexity index is 683. The number of amides is 1. The Morgan fingerprint density at radius 1 is 1.48 bits per heavy atom. The average Bonchev–Trinajstić information content (AvgIpc) is 2.76. The number of carbonyl (C=O) groups excluding carboxylic acids is 1. The maximum absolute atomic E-state index is 11.8. The van der Waals surface area contributed by atoms with Crippen LogP contribution in [0.4, 0.5) is 0 Å². The third-order valence-electron chi connectivity index (χ3n) is 2.80. The first-order valence-corrected chi connectivity index (χ1v) is 7.44. The Morgan fingerprint density at radius 3 is 2.90 bits per heavy atom. The summed E-state index contributed by atoms with van der Waals surface area (Å²) in [6.07, 6.45) is 1.65. The number of thioether (sulfide) groups is 1. The molecule has 2 aromatic heterocycles. The lowest BCUT2D eigenvalue weighted by atomic mass is 10.3. The molecule has 0 aliphatic heterocycles. The van der Waals surface area contributed by atoms with Crippen molar-refractivity contribution in [2.24, 2.45) is 0 Å². The molecule has 0 aromatic carbocycles. The zero-order valence-corrected chi connectivity index (χ0v) is 12.6. The van der Waals surface area contributed by atoms with Gasteiger partial charge >= 0.3 is 5.97 Å². The molecule has 8 heteroatoms. The van der Waals surface area contributed by atoms with Gasteiger partial charge in [-0.05, 0) is 25.5 Å². The number of carbonyl (C=O) groups is 2. The van der Waals surface area contributed by atoms with Gasteiger partial charge in [0.15, 0.2) is 10.8 Å². The molecule has 2 aromatic rings. The molecule has 0 spiro atoms. The van der Waals surface area contributed by atoms with E-state index in [1.807, 2.05) is 19.9 Å². The molecule has 0 bridgehead atoms. The van der Waals surface area contributed by atoms with Gasteiger partial charge in [-0.3, -0.25) is 14.2 Å². The van der Waals surface area contributed by atoms with Crippen molar-refractivity contribution in [3.8, 4) is 0 Å². The Hall–Kier alpha value is -2.09. The summed E-state index contributed by atoms with van der Waals surface area (Å²) in [4.78, 5) is 31.2. The number of rotatable bonds is 6. The number of fused-ring (bicyclic) bond motifs is 1. The zero-order valence-electron chi connectivity index (χ0n) is 11.8. The van der Waals surface area contributed by atoms with E-state index < -0.39 is 5.97 Å². The van der Waals surface area contributed by atoms with Gasteiger partial charge < -0.3 is 10.4 Å². The van der Waals surface area contributed by atoms with E-state index in [0.29, 0.717) is 22.9 Å². The van der Waals surface area contributed by atoms with Gasteiger partial charge in [-0.25, -0.2) is 9.97 Å². The number of nitrogens with one attached hydrogen (secondary N) is 1. The molecule has 0 aliphatic rings. The number of pyridine rings is 1. The summed E-state index contributed by atoms with van der Waals surface area (Å²) >= 11 is 1.08. The highest BCUT2D eigenvalue weighted by Crippen LogP contribution is 2.24. The number of hydrogen-bond donors (Lipinski definition) is 2. The number of aliphatic carboxylic acids is 1. The molecule has 0 saturated heterocycles. The van der Waals surface area contributed by atoms with Crippen molar-refractivity contribution in [2.45, 2.75) is 25.5 Å². The standard InChI is InChI=1S/C13H16N4O3S/c1-3-14-9(18)6-17-12-11(8(2)4-5-15-12)16-13(17)21-7-10(19)20/h4-5H,3,6-7H2,1-2H3,(H,14,18)(H,19,20). The second-order valence-electron chi connectivity index (χ2n) is 4.42. The number of nitrogens with zero attached hydrogens (tertiary/aromatic N) is 3. The van der Waals surface area contributed by atoms with Gasteiger partial charge in [0.25, 0.3) is 0 Å². The monoisotopic (exact) mass is 308 g/mol. The molecular weight excluding hydrogens is 292 g/mol. The second-order valence-corrected chi connectivity index (χ2v) is 5.36. The van der Waals surface area contributed by atoms with Crippen molar-refractivity contribution in [2.75, 3.05) is 12.3 Å². The Labute approximate surface area is 125 Å². The van der Waals surface area contributed by atoms with Crippen molar-refractivity contribution in [1.29, 1.82) is 0 Å². The molecule has 0 radical (unpaired) electrons. The molecule has 21 heavy (non-hydrogen) atoms. The number of aromatic nitrogens is 3. The first kappa shape index (κ1) is 15.3. The lowest BCUT2D eigenvalue weighted by Gasteiger charge is -2.07. The molecule has 0 fully saturated rings. The van der Waals surface area contributed by atoms with Crippen LogP contribution in [0.25, 0.3) is 11.2 Å². The molecular formula is C13H16N4O3S. The third kappa shape index (κ3) is 3.52. The van der Waals surface area contributed by atoms with Crippen LogP contribution in [0.1, 0.15) is 12.5 Å². The Balaban J connectivity index is 2.42. The summed E-state index contributed by atoms with van der Waals surface area (Å²) in [5, 5.41) is 12.0. The van der Waals surface area contributed by atoms with Gasteiger partial charge in [0, 0.05) is 12.7 Å². The van der Waals surface area contributed by atoms with E-state index in [-0.39, 0.29) is 18.2 Å². The highest BCUT2D eigenvalue weighted by atomic mass is 32.2. The van der Waals surface area contributed by atoms with Crippen LogP contribution in [-0.2, 0) is 16.1 Å². The summed E-state index contributed by atoms with van der Waals surface area (Å²) in [6.45, 7) is 4.35. The van der Waals surface area contributed by atoms with Gasteiger partial charge in [0.1, 0.15) is 12.1 Å². The Morgan fingerprint density at radius 2 is 2.24 bits per heavy atom. The van der Waals surface area contributed by atoms with Crippen molar-refractivity contribution in [3.63, 3.8) is 0 Å². The molecule has 0 aliphatic carbocycles. The normalized spacial score (nSPS) is 10.8. The van der Waals surface area contributed by atoms with Crippen LogP contribution in [0.2, 0.25) is 0 Å². The first-order valence-electron chi connectivity index (χ1n) is 6.46. The number of hydrogen-bond acceptors (Lipinski definition) is 5. The van der Waals surface area contributed by atoms with Crippen LogP contribution in [-0.4, -0.2) is 43.8 Å². The van der Waals surface area contributed by atoms with Crippen LogP contribution in [0.5, 0.6) is 0 Å². The molecule has 2 rings (SSSR count). The molecule has 2 N–H and O–H groups in total.